The van der Waals surface area contributed by atoms with Gasteiger partial charge in [0.2, 0.25) is 0 Å². The lowest BCUT2D eigenvalue weighted by Crippen LogP contribution is -2.15. The van der Waals surface area contributed by atoms with Crippen LogP contribution >= 0.6 is 15.9 Å². The molecule has 1 aliphatic rings. The lowest BCUT2D eigenvalue weighted by molar-refractivity contribution is -0.139. The molecule has 3 heteroatoms. The molecule has 0 amide bonds. The molecule has 2 rings (SSSR count). The minimum Gasteiger partial charge on any atom is -0.481 e. The first kappa shape index (κ1) is 12.6. The van der Waals surface area contributed by atoms with E-state index in [1.54, 1.807) is 0 Å². The van der Waals surface area contributed by atoms with Gasteiger partial charge in [0.1, 0.15) is 0 Å². The summed E-state index contributed by atoms with van der Waals surface area (Å²) >= 11 is 3.40. The van der Waals surface area contributed by atoms with Gasteiger partial charge in [-0.3, -0.25) is 4.79 Å². The fraction of sp³-hybridized carbons (Fsp3) is 0.500. The van der Waals surface area contributed by atoms with Gasteiger partial charge < -0.3 is 5.11 Å². The largest absolute Gasteiger partial charge is 0.481 e. The van der Waals surface area contributed by atoms with Gasteiger partial charge in [0.15, 0.2) is 0 Å². The molecule has 1 aliphatic carbocycles. The Morgan fingerprint density at radius 2 is 2.12 bits per heavy atom. The molecule has 0 heterocycles. The summed E-state index contributed by atoms with van der Waals surface area (Å²) < 4.78 is 0.952. The van der Waals surface area contributed by atoms with E-state index < -0.39 is 5.97 Å². The van der Waals surface area contributed by atoms with Crippen molar-refractivity contribution in [2.24, 2.45) is 5.92 Å². The summed E-state index contributed by atoms with van der Waals surface area (Å²) in [6.07, 6.45) is 5.69. The third-order valence-corrected chi connectivity index (χ3v) is 4.09. The number of benzene rings is 1. The lowest BCUT2D eigenvalue weighted by atomic mass is 9.88. The first-order chi connectivity index (χ1) is 8.16. The average molecular weight is 297 g/mol. The maximum atomic E-state index is 11.4. The van der Waals surface area contributed by atoms with Gasteiger partial charge in [-0.1, -0.05) is 53.7 Å². The molecule has 1 aromatic rings. The van der Waals surface area contributed by atoms with Crippen molar-refractivity contribution in [2.75, 3.05) is 0 Å². The summed E-state index contributed by atoms with van der Waals surface area (Å²) in [4.78, 5) is 11.4. The van der Waals surface area contributed by atoms with Crippen LogP contribution in [-0.4, -0.2) is 11.1 Å². The fourth-order valence-electron chi connectivity index (χ4n) is 2.68. The van der Waals surface area contributed by atoms with E-state index in [2.05, 4.69) is 15.9 Å². The molecule has 0 bridgehead atoms. The van der Waals surface area contributed by atoms with Crippen molar-refractivity contribution in [3.63, 3.8) is 0 Å². The zero-order valence-electron chi connectivity index (χ0n) is 9.73. The number of aliphatic carboxylic acids is 1. The second kappa shape index (κ2) is 5.67. The smallest absolute Gasteiger partial charge is 0.310 e. The first-order valence-corrected chi connectivity index (χ1v) is 6.94. The van der Waals surface area contributed by atoms with Crippen LogP contribution in [0.3, 0.4) is 0 Å². The van der Waals surface area contributed by atoms with E-state index in [0.717, 1.165) is 16.5 Å². The van der Waals surface area contributed by atoms with Crippen LogP contribution in [0.1, 0.15) is 43.6 Å². The van der Waals surface area contributed by atoms with Crippen LogP contribution in [-0.2, 0) is 4.79 Å². The summed E-state index contributed by atoms with van der Waals surface area (Å²) in [5.41, 5.74) is 0.916. The highest BCUT2D eigenvalue weighted by molar-refractivity contribution is 9.10. The van der Waals surface area contributed by atoms with Crippen molar-refractivity contribution in [1.29, 1.82) is 0 Å². The van der Waals surface area contributed by atoms with Gasteiger partial charge >= 0.3 is 5.97 Å². The minimum atomic E-state index is -0.699. The molecule has 1 fully saturated rings. The standard InChI is InChI=1S/C14H17BrO2/c15-12-7-3-6-11(9-12)13(14(16)17)8-10-4-1-2-5-10/h3,6-7,9-10,13H,1-2,4-5,8H2,(H,16,17). The summed E-state index contributed by atoms with van der Waals surface area (Å²) in [7, 11) is 0. The third-order valence-electron chi connectivity index (χ3n) is 3.59. The highest BCUT2D eigenvalue weighted by atomic mass is 79.9. The number of hydrogen-bond donors (Lipinski definition) is 1. The number of carboxylic acids is 1. The average Bonchev–Trinajstić information content (AvgIpc) is 2.78. The molecule has 1 N–H and O–H groups in total. The summed E-state index contributed by atoms with van der Waals surface area (Å²) in [5, 5.41) is 9.36. The summed E-state index contributed by atoms with van der Waals surface area (Å²) in [5.74, 6) is -0.458. The molecular formula is C14H17BrO2. The number of carboxylic acid groups (broad SMARTS) is 1. The Balaban J connectivity index is 2.13. The monoisotopic (exact) mass is 296 g/mol. The Kier molecular flexibility index (Phi) is 4.21. The Labute approximate surface area is 110 Å². The highest BCUT2D eigenvalue weighted by Crippen LogP contribution is 2.34. The molecule has 2 nitrogen and oxygen atoms in total. The van der Waals surface area contributed by atoms with Gasteiger partial charge in [0.25, 0.3) is 0 Å². The zero-order valence-corrected chi connectivity index (χ0v) is 11.3. The third kappa shape index (κ3) is 3.32. The van der Waals surface area contributed by atoms with E-state index in [0.29, 0.717) is 5.92 Å². The molecule has 0 spiro atoms. The number of rotatable bonds is 4. The molecule has 0 aromatic heterocycles. The van der Waals surface area contributed by atoms with Crippen molar-refractivity contribution < 1.29 is 9.90 Å². The van der Waals surface area contributed by atoms with Crippen molar-refractivity contribution in [3.05, 3.63) is 34.3 Å². The van der Waals surface area contributed by atoms with Gasteiger partial charge in [-0.25, -0.2) is 0 Å². The van der Waals surface area contributed by atoms with E-state index in [1.165, 1.54) is 25.7 Å². The maximum absolute atomic E-state index is 11.4. The van der Waals surface area contributed by atoms with Gasteiger partial charge in [-0.15, -0.1) is 0 Å². The summed E-state index contributed by atoms with van der Waals surface area (Å²) in [6, 6.07) is 7.67. The van der Waals surface area contributed by atoms with Crippen molar-refractivity contribution in [1.82, 2.24) is 0 Å². The molecule has 1 aromatic carbocycles. The second-order valence-corrected chi connectivity index (χ2v) is 5.75. The van der Waals surface area contributed by atoms with E-state index in [4.69, 9.17) is 0 Å². The predicted molar refractivity (Wildman–Crippen MR) is 71.1 cm³/mol. The number of halogens is 1. The Bertz CT molecular complexity index is 397. The second-order valence-electron chi connectivity index (χ2n) is 4.83. The van der Waals surface area contributed by atoms with E-state index in [-0.39, 0.29) is 5.92 Å². The van der Waals surface area contributed by atoms with Crippen molar-refractivity contribution in [3.8, 4) is 0 Å². The maximum Gasteiger partial charge on any atom is 0.310 e. The van der Waals surface area contributed by atoms with Crippen LogP contribution in [0.25, 0.3) is 0 Å². The topological polar surface area (TPSA) is 37.3 Å². The molecule has 0 saturated heterocycles. The molecule has 92 valence electrons. The number of carbonyl (C=O) groups is 1. The molecule has 1 atom stereocenters. The Morgan fingerprint density at radius 3 is 2.71 bits per heavy atom. The van der Waals surface area contributed by atoms with Crippen LogP contribution in [0.15, 0.2) is 28.7 Å². The Morgan fingerprint density at radius 1 is 1.41 bits per heavy atom. The van der Waals surface area contributed by atoms with Crippen LogP contribution in [0.2, 0.25) is 0 Å². The molecule has 1 unspecified atom stereocenters. The normalized spacial score (nSPS) is 18.2. The molecule has 1 saturated carbocycles. The van der Waals surface area contributed by atoms with E-state index in [1.807, 2.05) is 24.3 Å². The van der Waals surface area contributed by atoms with Gasteiger partial charge in [0.05, 0.1) is 5.92 Å². The number of hydrogen-bond acceptors (Lipinski definition) is 1. The van der Waals surface area contributed by atoms with E-state index in [9.17, 15) is 9.90 Å². The molecular weight excluding hydrogens is 280 g/mol. The van der Waals surface area contributed by atoms with Crippen molar-refractivity contribution >= 4 is 21.9 Å². The minimum absolute atomic E-state index is 0.351. The van der Waals surface area contributed by atoms with E-state index >= 15 is 0 Å². The van der Waals surface area contributed by atoms with Gasteiger partial charge in [0, 0.05) is 4.47 Å². The molecule has 0 aliphatic heterocycles. The van der Waals surface area contributed by atoms with Gasteiger partial charge in [-0.05, 0) is 30.0 Å². The fourth-order valence-corrected chi connectivity index (χ4v) is 3.10. The molecule has 17 heavy (non-hydrogen) atoms. The predicted octanol–water partition coefficient (Wildman–Crippen LogP) is 4.20. The van der Waals surface area contributed by atoms with Gasteiger partial charge in [-0.2, -0.15) is 0 Å². The van der Waals surface area contributed by atoms with Crippen LogP contribution in [0.4, 0.5) is 0 Å². The first-order valence-electron chi connectivity index (χ1n) is 6.15. The Hall–Kier alpha value is -0.830. The molecule has 0 radical (unpaired) electrons. The lowest BCUT2D eigenvalue weighted by Gasteiger charge is -2.17. The summed E-state index contributed by atoms with van der Waals surface area (Å²) in [6.45, 7) is 0. The van der Waals surface area contributed by atoms with Crippen LogP contribution in [0.5, 0.6) is 0 Å². The highest BCUT2D eigenvalue weighted by Gasteiger charge is 2.26. The van der Waals surface area contributed by atoms with Crippen molar-refractivity contribution in [2.45, 2.75) is 38.0 Å². The SMILES string of the molecule is O=C(O)C(CC1CCCC1)c1cccc(Br)c1. The van der Waals surface area contributed by atoms with Crippen LogP contribution in [0, 0.1) is 5.92 Å². The van der Waals surface area contributed by atoms with Crippen LogP contribution < -0.4 is 0 Å². The zero-order chi connectivity index (χ0) is 12.3. The quantitative estimate of drug-likeness (QED) is 0.904.